The molecule has 0 bridgehead atoms. The lowest BCUT2D eigenvalue weighted by molar-refractivity contribution is 0.128. The Kier molecular flexibility index (Phi) is 6.27. The van der Waals surface area contributed by atoms with E-state index in [9.17, 15) is 18.8 Å². The maximum absolute atomic E-state index is 12.9. The number of alkyl halides is 2. The molecule has 0 N–H and O–H groups in total. The number of hydrogen-bond donors (Lipinski definition) is 0. The van der Waals surface area contributed by atoms with Gasteiger partial charge >= 0.3 is 6.09 Å². The van der Waals surface area contributed by atoms with Crippen molar-refractivity contribution in [3.05, 3.63) is 64.1 Å². The standard InChI is InChI=1S/C17H13BrF2N2O2/c18-14-6-7-15(13(8-14)9-21)22(10-16(19)20)17(23)24-11-12-4-2-1-3-5-12/h1-8,16H,10-11H2. The number of nitrogens with zero attached hydrogens (tertiary/aromatic N) is 2. The van der Waals surface area contributed by atoms with E-state index in [1.807, 2.05) is 12.1 Å². The highest BCUT2D eigenvalue weighted by atomic mass is 79.9. The highest BCUT2D eigenvalue weighted by Crippen LogP contribution is 2.25. The van der Waals surface area contributed by atoms with Gasteiger partial charge in [-0.2, -0.15) is 5.26 Å². The largest absolute Gasteiger partial charge is 0.444 e. The van der Waals surface area contributed by atoms with Crippen molar-refractivity contribution in [2.45, 2.75) is 13.0 Å². The number of carbonyl (C=O) groups is 1. The van der Waals surface area contributed by atoms with Crippen LogP contribution in [0.25, 0.3) is 0 Å². The van der Waals surface area contributed by atoms with Gasteiger partial charge in [0.15, 0.2) is 0 Å². The molecule has 0 fully saturated rings. The Labute approximate surface area is 146 Å². The fourth-order valence-corrected chi connectivity index (χ4v) is 2.40. The van der Waals surface area contributed by atoms with Crippen LogP contribution in [0.15, 0.2) is 53.0 Å². The SMILES string of the molecule is N#Cc1cc(Br)ccc1N(CC(F)F)C(=O)OCc1ccccc1. The van der Waals surface area contributed by atoms with E-state index < -0.39 is 19.1 Å². The number of anilines is 1. The highest BCUT2D eigenvalue weighted by molar-refractivity contribution is 9.10. The number of carbonyl (C=O) groups excluding carboxylic acids is 1. The lowest BCUT2D eigenvalue weighted by Gasteiger charge is -2.23. The van der Waals surface area contributed by atoms with Gasteiger partial charge in [0.25, 0.3) is 6.43 Å². The molecule has 24 heavy (non-hydrogen) atoms. The molecular formula is C17H13BrF2N2O2. The van der Waals surface area contributed by atoms with Gasteiger partial charge < -0.3 is 4.74 Å². The van der Waals surface area contributed by atoms with Gasteiger partial charge in [-0.05, 0) is 23.8 Å². The molecule has 2 rings (SSSR count). The third-order valence-corrected chi connectivity index (χ3v) is 3.61. The second kappa shape index (κ2) is 8.41. The number of amides is 1. The molecule has 0 aliphatic carbocycles. The van der Waals surface area contributed by atoms with Crippen molar-refractivity contribution < 1.29 is 18.3 Å². The van der Waals surface area contributed by atoms with Crippen molar-refractivity contribution in [1.82, 2.24) is 0 Å². The van der Waals surface area contributed by atoms with Gasteiger partial charge in [0.1, 0.15) is 12.7 Å². The monoisotopic (exact) mass is 394 g/mol. The van der Waals surface area contributed by atoms with Crippen LogP contribution in [0.4, 0.5) is 19.3 Å². The zero-order chi connectivity index (χ0) is 17.5. The number of nitriles is 1. The summed E-state index contributed by atoms with van der Waals surface area (Å²) < 4.78 is 31.5. The molecule has 0 unspecified atom stereocenters. The van der Waals surface area contributed by atoms with Gasteiger partial charge in [-0.3, -0.25) is 4.90 Å². The summed E-state index contributed by atoms with van der Waals surface area (Å²) in [4.78, 5) is 13.0. The zero-order valence-electron chi connectivity index (χ0n) is 12.5. The van der Waals surface area contributed by atoms with Crippen LogP contribution in [0.2, 0.25) is 0 Å². The first-order valence-corrected chi connectivity index (χ1v) is 7.76. The summed E-state index contributed by atoms with van der Waals surface area (Å²) >= 11 is 3.20. The predicted molar refractivity (Wildman–Crippen MR) is 88.8 cm³/mol. The molecule has 0 aliphatic heterocycles. The van der Waals surface area contributed by atoms with Gasteiger partial charge in [-0.1, -0.05) is 46.3 Å². The Morgan fingerprint density at radius 3 is 2.58 bits per heavy atom. The fraction of sp³-hybridized carbons (Fsp3) is 0.176. The van der Waals surface area contributed by atoms with Crippen LogP contribution < -0.4 is 4.90 Å². The molecule has 0 radical (unpaired) electrons. The van der Waals surface area contributed by atoms with E-state index in [1.54, 1.807) is 30.3 Å². The normalized spacial score (nSPS) is 10.3. The Morgan fingerprint density at radius 2 is 1.96 bits per heavy atom. The minimum absolute atomic E-state index is 0.0438. The molecule has 2 aromatic carbocycles. The third kappa shape index (κ3) is 4.77. The van der Waals surface area contributed by atoms with Crippen molar-refractivity contribution in [3.63, 3.8) is 0 Å². The van der Waals surface area contributed by atoms with E-state index in [0.717, 1.165) is 10.5 Å². The first kappa shape index (κ1) is 17.9. The van der Waals surface area contributed by atoms with Crippen LogP contribution in [0.3, 0.4) is 0 Å². The van der Waals surface area contributed by atoms with Gasteiger partial charge in [0.05, 0.1) is 17.8 Å². The lowest BCUT2D eigenvalue weighted by atomic mass is 10.2. The fourth-order valence-electron chi connectivity index (χ4n) is 2.04. The van der Waals surface area contributed by atoms with Crippen LogP contribution in [-0.4, -0.2) is 19.1 Å². The van der Waals surface area contributed by atoms with Gasteiger partial charge in [-0.15, -0.1) is 0 Å². The van der Waals surface area contributed by atoms with Crippen LogP contribution in [0, 0.1) is 11.3 Å². The van der Waals surface area contributed by atoms with Gasteiger partial charge in [-0.25, -0.2) is 13.6 Å². The summed E-state index contributed by atoms with van der Waals surface area (Å²) in [5.41, 5.74) is 0.917. The molecule has 1 amide bonds. The average molecular weight is 395 g/mol. The molecule has 0 heterocycles. The minimum Gasteiger partial charge on any atom is -0.444 e. The van der Waals surface area contributed by atoms with Gasteiger partial charge in [0.2, 0.25) is 0 Å². The van der Waals surface area contributed by atoms with Crippen molar-refractivity contribution in [3.8, 4) is 6.07 Å². The number of benzene rings is 2. The number of halogens is 3. The molecule has 7 heteroatoms. The second-order valence-electron chi connectivity index (χ2n) is 4.82. The van der Waals surface area contributed by atoms with Gasteiger partial charge in [0, 0.05) is 4.47 Å². The summed E-state index contributed by atoms with van der Waals surface area (Å²) in [5.74, 6) is 0. The first-order valence-electron chi connectivity index (χ1n) is 6.97. The number of ether oxygens (including phenoxy) is 1. The maximum atomic E-state index is 12.9. The van der Waals surface area contributed by atoms with Crippen LogP contribution in [-0.2, 0) is 11.3 Å². The Morgan fingerprint density at radius 1 is 1.25 bits per heavy atom. The van der Waals surface area contributed by atoms with Crippen molar-refractivity contribution in [2.75, 3.05) is 11.4 Å². The Bertz CT molecular complexity index is 748. The molecule has 0 atom stereocenters. The third-order valence-electron chi connectivity index (χ3n) is 3.12. The molecule has 0 saturated heterocycles. The zero-order valence-corrected chi connectivity index (χ0v) is 14.0. The minimum atomic E-state index is -2.76. The average Bonchev–Trinajstić information content (AvgIpc) is 2.58. The van der Waals surface area contributed by atoms with E-state index in [0.29, 0.717) is 4.47 Å². The summed E-state index contributed by atoms with van der Waals surface area (Å²) in [6.45, 7) is -0.901. The second-order valence-corrected chi connectivity index (χ2v) is 5.73. The Balaban J connectivity index is 2.22. The smallest absolute Gasteiger partial charge is 0.414 e. The van der Waals surface area contributed by atoms with Crippen LogP contribution in [0.5, 0.6) is 0 Å². The maximum Gasteiger partial charge on any atom is 0.414 e. The van der Waals surface area contributed by atoms with E-state index in [4.69, 9.17) is 4.74 Å². The summed E-state index contributed by atoms with van der Waals surface area (Å²) in [6, 6.07) is 15.2. The molecule has 0 aromatic heterocycles. The summed E-state index contributed by atoms with van der Waals surface area (Å²) in [6.07, 6.45) is -3.69. The van der Waals surface area contributed by atoms with E-state index >= 15 is 0 Å². The molecule has 0 aliphatic rings. The van der Waals surface area contributed by atoms with Crippen LogP contribution >= 0.6 is 15.9 Å². The van der Waals surface area contributed by atoms with E-state index in [2.05, 4.69) is 15.9 Å². The van der Waals surface area contributed by atoms with Crippen molar-refractivity contribution >= 4 is 27.7 Å². The van der Waals surface area contributed by atoms with Crippen LogP contribution in [0.1, 0.15) is 11.1 Å². The molecule has 4 nitrogen and oxygen atoms in total. The molecule has 124 valence electrons. The van der Waals surface area contributed by atoms with Crippen molar-refractivity contribution in [1.29, 1.82) is 5.26 Å². The molecule has 0 spiro atoms. The lowest BCUT2D eigenvalue weighted by Crippen LogP contribution is -2.36. The molecule has 2 aromatic rings. The molecular weight excluding hydrogens is 382 g/mol. The number of hydrogen-bond acceptors (Lipinski definition) is 3. The van der Waals surface area contributed by atoms with E-state index in [-0.39, 0.29) is 17.9 Å². The first-order chi connectivity index (χ1) is 11.5. The highest BCUT2D eigenvalue weighted by Gasteiger charge is 2.24. The molecule has 0 saturated carbocycles. The topological polar surface area (TPSA) is 53.3 Å². The summed E-state index contributed by atoms with van der Waals surface area (Å²) in [5, 5.41) is 9.18. The predicted octanol–water partition coefficient (Wildman–Crippen LogP) is 4.73. The quantitative estimate of drug-likeness (QED) is 0.736. The van der Waals surface area contributed by atoms with Crippen molar-refractivity contribution in [2.24, 2.45) is 0 Å². The number of rotatable bonds is 5. The Hall–Kier alpha value is -2.46. The summed E-state index contributed by atoms with van der Waals surface area (Å²) in [7, 11) is 0. The van der Waals surface area contributed by atoms with E-state index in [1.165, 1.54) is 12.1 Å².